The van der Waals surface area contributed by atoms with Crippen molar-refractivity contribution in [3.8, 4) is 12.1 Å². The van der Waals surface area contributed by atoms with Gasteiger partial charge < -0.3 is 0 Å². The van der Waals surface area contributed by atoms with Crippen LogP contribution in [0.2, 0.25) is 0 Å². The predicted molar refractivity (Wildman–Crippen MR) is 98.7 cm³/mol. The first-order valence-electron chi connectivity index (χ1n) is 9.16. The van der Waals surface area contributed by atoms with Crippen molar-refractivity contribution >= 4 is 16.6 Å². The monoisotopic (exact) mass is 439 g/mol. The summed E-state index contributed by atoms with van der Waals surface area (Å²) >= 11 is 0. The zero-order valence-electron chi connectivity index (χ0n) is 16.1. The van der Waals surface area contributed by atoms with E-state index in [9.17, 15) is 36.9 Å². The average Bonchev–Trinajstić information content (AvgIpc) is 3.05. The third-order valence-corrected chi connectivity index (χ3v) is 5.06. The number of hydrogen-bond donors (Lipinski definition) is 1. The van der Waals surface area contributed by atoms with Crippen LogP contribution in [0.3, 0.4) is 0 Å². The molecule has 2 aromatic rings. The lowest BCUT2D eigenvalue weighted by Gasteiger charge is -2.30. The molecule has 3 rings (SSSR count). The number of aromatic amines is 1. The standard InChI is InChI=1S/C20H15F6N5/c1-10-12-7-11(4-5-16(12)31-30-10)17-13(8-27)15(3-2-6-19(21,22)23)29-18(14(17)9-28)20(24,25)26/h4-5,7,14,17H,2-3,6H2,1H3,(H,30,31). The van der Waals surface area contributed by atoms with Gasteiger partial charge in [-0.3, -0.25) is 10.1 Å². The molecule has 0 amide bonds. The van der Waals surface area contributed by atoms with Gasteiger partial charge in [0.05, 0.1) is 28.9 Å². The maximum atomic E-state index is 13.7. The van der Waals surface area contributed by atoms with Crippen LogP contribution in [0.15, 0.2) is 34.5 Å². The molecule has 1 aromatic heterocycles. The number of rotatable bonds is 4. The summed E-state index contributed by atoms with van der Waals surface area (Å²) in [5.41, 5.74) is -0.584. The Morgan fingerprint density at radius 3 is 2.42 bits per heavy atom. The molecule has 2 atom stereocenters. The predicted octanol–water partition coefficient (Wildman–Crippen LogP) is 5.62. The molecule has 0 aliphatic carbocycles. The van der Waals surface area contributed by atoms with Crippen LogP contribution >= 0.6 is 0 Å². The summed E-state index contributed by atoms with van der Waals surface area (Å²) in [6.45, 7) is 1.70. The molecule has 0 saturated heterocycles. The van der Waals surface area contributed by atoms with Crippen molar-refractivity contribution in [2.45, 2.75) is 44.5 Å². The fraction of sp³-hybridized carbons (Fsp3) is 0.400. The summed E-state index contributed by atoms with van der Waals surface area (Å²) in [7, 11) is 0. The van der Waals surface area contributed by atoms with E-state index in [0.29, 0.717) is 16.6 Å². The van der Waals surface area contributed by atoms with Gasteiger partial charge in [0.1, 0.15) is 11.6 Å². The Bertz CT molecular complexity index is 1140. The molecule has 1 aromatic carbocycles. The minimum absolute atomic E-state index is 0.234. The van der Waals surface area contributed by atoms with Gasteiger partial charge in [-0.1, -0.05) is 6.07 Å². The Hall–Kier alpha value is -3.34. The Morgan fingerprint density at radius 1 is 1.13 bits per heavy atom. The Morgan fingerprint density at radius 2 is 1.84 bits per heavy atom. The number of benzene rings is 1. The van der Waals surface area contributed by atoms with Crippen molar-refractivity contribution in [3.63, 3.8) is 0 Å². The van der Waals surface area contributed by atoms with Gasteiger partial charge in [-0.15, -0.1) is 0 Å². The number of aliphatic imine (C=N–C) groups is 1. The van der Waals surface area contributed by atoms with E-state index < -0.39 is 49.2 Å². The van der Waals surface area contributed by atoms with E-state index in [0.717, 1.165) is 0 Å². The molecule has 2 unspecified atom stereocenters. The molecule has 0 radical (unpaired) electrons. The maximum Gasteiger partial charge on any atom is 0.430 e. The minimum atomic E-state index is -4.98. The van der Waals surface area contributed by atoms with E-state index in [-0.39, 0.29) is 16.8 Å². The highest BCUT2D eigenvalue weighted by atomic mass is 19.4. The fourth-order valence-corrected chi connectivity index (χ4v) is 3.64. The molecule has 1 N–H and O–H groups in total. The van der Waals surface area contributed by atoms with Crippen molar-refractivity contribution in [1.29, 1.82) is 10.5 Å². The summed E-state index contributed by atoms with van der Waals surface area (Å²) in [6, 6.07) is 7.92. The number of nitriles is 2. The molecular weight excluding hydrogens is 424 g/mol. The van der Waals surface area contributed by atoms with Crippen LogP contribution in [0, 0.1) is 35.5 Å². The van der Waals surface area contributed by atoms with Crippen molar-refractivity contribution in [3.05, 3.63) is 40.7 Å². The number of alkyl halides is 6. The summed E-state index contributed by atoms with van der Waals surface area (Å²) < 4.78 is 78.6. The molecule has 5 nitrogen and oxygen atoms in total. The smallest absolute Gasteiger partial charge is 0.282 e. The van der Waals surface area contributed by atoms with Crippen LogP contribution in [-0.4, -0.2) is 28.3 Å². The highest BCUT2D eigenvalue weighted by molar-refractivity contribution is 5.97. The Labute approximate surface area is 172 Å². The van der Waals surface area contributed by atoms with Crippen LogP contribution in [0.1, 0.15) is 36.4 Å². The molecule has 0 saturated carbocycles. The van der Waals surface area contributed by atoms with Gasteiger partial charge >= 0.3 is 12.4 Å². The topological polar surface area (TPSA) is 88.6 Å². The third kappa shape index (κ3) is 4.55. The van der Waals surface area contributed by atoms with E-state index in [1.807, 2.05) is 0 Å². The van der Waals surface area contributed by atoms with Crippen LogP contribution in [0.4, 0.5) is 26.3 Å². The number of H-pyrrole nitrogens is 1. The number of fused-ring (bicyclic) bond motifs is 1. The van der Waals surface area contributed by atoms with Gasteiger partial charge in [0.15, 0.2) is 0 Å². The van der Waals surface area contributed by atoms with Gasteiger partial charge in [-0.2, -0.15) is 42.0 Å². The SMILES string of the molecule is Cc1[nH]nc2ccc(C3C(C#N)=C(CCCC(F)(F)F)N=C(C(F)(F)F)C3C#N)cc12. The average molecular weight is 439 g/mol. The molecule has 0 bridgehead atoms. The lowest BCUT2D eigenvalue weighted by Crippen LogP contribution is -2.37. The second-order valence-electron chi connectivity index (χ2n) is 7.15. The number of halogens is 6. The summed E-state index contributed by atoms with van der Waals surface area (Å²) in [5, 5.41) is 26.6. The first-order valence-corrected chi connectivity index (χ1v) is 9.16. The van der Waals surface area contributed by atoms with Gasteiger partial charge in [-0.25, -0.2) is 0 Å². The second kappa shape index (κ2) is 8.06. The lowest BCUT2D eigenvalue weighted by atomic mass is 9.75. The van der Waals surface area contributed by atoms with E-state index in [4.69, 9.17) is 0 Å². The number of aromatic nitrogens is 2. The molecule has 31 heavy (non-hydrogen) atoms. The van der Waals surface area contributed by atoms with Crippen LogP contribution in [0.5, 0.6) is 0 Å². The highest BCUT2D eigenvalue weighted by Crippen LogP contribution is 2.44. The van der Waals surface area contributed by atoms with Crippen molar-refractivity contribution in [2.24, 2.45) is 10.9 Å². The third-order valence-electron chi connectivity index (χ3n) is 5.06. The van der Waals surface area contributed by atoms with Gasteiger partial charge in [0.2, 0.25) is 0 Å². The van der Waals surface area contributed by atoms with Crippen molar-refractivity contribution in [1.82, 2.24) is 10.2 Å². The molecule has 11 heteroatoms. The van der Waals surface area contributed by atoms with Crippen LogP contribution < -0.4 is 0 Å². The normalized spacial score (nSPS) is 19.8. The first kappa shape index (κ1) is 22.3. The fourth-order valence-electron chi connectivity index (χ4n) is 3.64. The zero-order chi connectivity index (χ0) is 23.0. The lowest BCUT2D eigenvalue weighted by molar-refractivity contribution is -0.135. The molecule has 0 fully saturated rings. The quantitative estimate of drug-likeness (QED) is 0.627. The van der Waals surface area contributed by atoms with Crippen LogP contribution in [0.25, 0.3) is 10.9 Å². The summed E-state index contributed by atoms with van der Waals surface area (Å²) in [5.74, 6) is -3.13. The zero-order valence-corrected chi connectivity index (χ0v) is 16.1. The summed E-state index contributed by atoms with van der Waals surface area (Å²) in [4.78, 5) is 3.46. The minimum Gasteiger partial charge on any atom is -0.282 e. The second-order valence-corrected chi connectivity index (χ2v) is 7.15. The van der Waals surface area contributed by atoms with Gasteiger partial charge in [-0.05, 0) is 37.5 Å². The van der Waals surface area contributed by atoms with Crippen molar-refractivity contribution in [2.75, 3.05) is 0 Å². The van der Waals surface area contributed by atoms with Gasteiger partial charge in [0, 0.05) is 23.4 Å². The molecule has 0 spiro atoms. The van der Waals surface area contributed by atoms with E-state index in [1.54, 1.807) is 25.1 Å². The van der Waals surface area contributed by atoms with E-state index in [2.05, 4.69) is 15.2 Å². The molecule has 2 heterocycles. The number of hydrogen-bond acceptors (Lipinski definition) is 4. The number of nitrogens with one attached hydrogen (secondary N) is 1. The number of aryl methyl sites for hydroxylation is 1. The Balaban J connectivity index is 2.15. The molecule has 1 aliphatic heterocycles. The van der Waals surface area contributed by atoms with E-state index in [1.165, 1.54) is 12.1 Å². The number of nitrogens with zero attached hydrogens (tertiary/aromatic N) is 4. The first-order chi connectivity index (χ1) is 14.5. The van der Waals surface area contributed by atoms with Crippen LogP contribution in [-0.2, 0) is 0 Å². The molecule has 162 valence electrons. The molecular formula is C20H15F6N5. The Kier molecular flexibility index (Phi) is 5.81. The molecule has 1 aliphatic rings. The van der Waals surface area contributed by atoms with E-state index >= 15 is 0 Å². The van der Waals surface area contributed by atoms with Gasteiger partial charge in [0.25, 0.3) is 0 Å². The highest BCUT2D eigenvalue weighted by Gasteiger charge is 2.48. The largest absolute Gasteiger partial charge is 0.430 e. The number of allylic oxidation sites excluding steroid dienone is 2. The maximum absolute atomic E-state index is 13.7. The van der Waals surface area contributed by atoms with Crippen molar-refractivity contribution < 1.29 is 26.3 Å². The summed E-state index contributed by atoms with van der Waals surface area (Å²) in [6.07, 6.45) is -11.7.